The Morgan fingerprint density at radius 3 is 2.40 bits per heavy atom. The van der Waals surface area contributed by atoms with Gasteiger partial charge < -0.3 is 9.64 Å². The summed E-state index contributed by atoms with van der Waals surface area (Å²) >= 11 is 0. The number of rotatable bonds is 7. The number of nitrogens with one attached hydrogen (secondary N) is 2. The molecule has 0 saturated carbocycles. The van der Waals surface area contributed by atoms with Gasteiger partial charge in [0.25, 0.3) is 11.8 Å². The topological polar surface area (TPSA) is 70.7 Å². The Kier molecular flexibility index (Phi) is 7.23. The van der Waals surface area contributed by atoms with Crippen molar-refractivity contribution in [3.8, 4) is 0 Å². The predicted octanol–water partition coefficient (Wildman–Crippen LogP) is 4.16. The van der Waals surface area contributed by atoms with E-state index in [1.807, 2.05) is 20.2 Å². The Bertz CT molecular complexity index is 1230. The van der Waals surface area contributed by atoms with Gasteiger partial charge >= 0.3 is 0 Å². The average molecular weight is 480 g/mol. The summed E-state index contributed by atoms with van der Waals surface area (Å²) in [5.74, 6) is -2.29. The third-order valence-electron chi connectivity index (χ3n) is 6.13. The molecule has 3 aromatic rings. The van der Waals surface area contributed by atoms with Gasteiger partial charge in [-0.1, -0.05) is 30.3 Å². The molecule has 0 fully saturated rings. The molecule has 0 spiro atoms. The van der Waals surface area contributed by atoms with Crippen LogP contribution in [0, 0.1) is 11.6 Å². The van der Waals surface area contributed by atoms with Crippen LogP contribution in [-0.4, -0.2) is 37.4 Å². The fraction of sp³-hybridized carbons (Fsp3) is 0.259. The van der Waals surface area contributed by atoms with E-state index >= 15 is 0 Å². The van der Waals surface area contributed by atoms with E-state index in [9.17, 15) is 18.4 Å². The summed E-state index contributed by atoms with van der Waals surface area (Å²) in [4.78, 5) is 27.0. The van der Waals surface area contributed by atoms with Crippen molar-refractivity contribution in [3.63, 3.8) is 0 Å². The zero-order valence-electron chi connectivity index (χ0n) is 19.6. The quantitative estimate of drug-likeness (QED) is 0.500. The highest BCUT2D eigenvalue weighted by Gasteiger charge is 2.41. The molecule has 182 valence electrons. The van der Waals surface area contributed by atoms with E-state index in [-0.39, 0.29) is 18.0 Å². The number of carbonyl (C=O) groups excluding carboxylic acids is 2. The van der Waals surface area contributed by atoms with E-state index in [2.05, 4.69) is 15.8 Å². The Balaban J connectivity index is 1.54. The lowest BCUT2D eigenvalue weighted by Crippen LogP contribution is -2.42. The van der Waals surface area contributed by atoms with Gasteiger partial charge in [-0.05, 0) is 86.6 Å². The second kappa shape index (κ2) is 10.3. The highest BCUT2D eigenvalue weighted by Crippen LogP contribution is 2.45. The second-order valence-electron chi connectivity index (χ2n) is 8.79. The van der Waals surface area contributed by atoms with Crippen LogP contribution in [-0.2, 0) is 16.9 Å². The lowest BCUT2D eigenvalue weighted by atomic mass is 9.81. The van der Waals surface area contributed by atoms with E-state index in [1.165, 1.54) is 36.4 Å². The number of amides is 2. The maximum atomic E-state index is 13.8. The van der Waals surface area contributed by atoms with Crippen molar-refractivity contribution < 1.29 is 23.1 Å². The Morgan fingerprint density at radius 2 is 1.69 bits per heavy atom. The number of halogens is 2. The Labute approximate surface area is 202 Å². The monoisotopic (exact) mass is 479 g/mol. The maximum Gasteiger partial charge on any atom is 0.272 e. The molecule has 2 amide bonds. The molecule has 6 nitrogen and oxygen atoms in total. The number of ether oxygens (including phenoxy) is 1. The van der Waals surface area contributed by atoms with Crippen LogP contribution in [0.3, 0.4) is 0 Å². The van der Waals surface area contributed by atoms with Crippen LogP contribution in [0.1, 0.15) is 50.2 Å². The summed E-state index contributed by atoms with van der Waals surface area (Å²) in [6.07, 6.45) is 1.54. The van der Waals surface area contributed by atoms with Crippen molar-refractivity contribution in [1.82, 2.24) is 15.8 Å². The molecule has 1 aliphatic heterocycles. The van der Waals surface area contributed by atoms with Crippen LogP contribution in [0.4, 0.5) is 8.78 Å². The van der Waals surface area contributed by atoms with Crippen LogP contribution in [0.2, 0.25) is 0 Å². The Morgan fingerprint density at radius 1 is 0.971 bits per heavy atom. The summed E-state index contributed by atoms with van der Waals surface area (Å²) < 4.78 is 33.7. The number of benzene rings is 3. The van der Waals surface area contributed by atoms with E-state index in [0.717, 1.165) is 29.7 Å². The number of nitrogens with zero attached hydrogens (tertiary/aromatic N) is 1. The first-order valence-electron chi connectivity index (χ1n) is 11.3. The maximum absolute atomic E-state index is 13.8. The molecule has 1 aliphatic rings. The first-order chi connectivity index (χ1) is 16.8. The van der Waals surface area contributed by atoms with Gasteiger partial charge in [0.2, 0.25) is 0 Å². The van der Waals surface area contributed by atoms with E-state index < -0.39 is 23.2 Å². The Hall–Kier alpha value is -3.62. The van der Waals surface area contributed by atoms with Crippen LogP contribution in [0.15, 0.2) is 66.7 Å². The SMILES string of the molecule is CN(C)CCCC1(c2ccc(F)cc2)OCc2cc(C(=O)NNC(=O)c3ccccc3F)ccc21. The minimum atomic E-state index is -0.753. The molecule has 0 saturated heterocycles. The molecule has 1 atom stereocenters. The highest BCUT2D eigenvalue weighted by molar-refractivity contribution is 5.99. The third-order valence-corrected chi connectivity index (χ3v) is 6.13. The van der Waals surface area contributed by atoms with Gasteiger partial charge in [0, 0.05) is 5.56 Å². The molecule has 3 aromatic carbocycles. The largest absolute Gasteiger partial charge is 0.361 e. The molecule has 1 unspecified atom stereocenters. The molecular formula is C27H27F2N3O3. The highest BCUT2D eigenvalue weighted by atomic mass is 19.1. The van der Waals surface area contributed by atoms with E-state index in [4.69, 9.17) is 4.74 Å². The van der Waals surface area contributed by atoms with Gasteiger partial charge in [-0.25, -0.2) is 8.78 Å². The van der Waals surface area contributed by atoms with Crippen LogP contribution in [0.5, 0.6) is 0 Å². The van der Waals surface area contributed by atoms with Crippen molar-refractivity contribution in [2.24, 2.45) is 0 Å². The molecule has 1 heterocycles. The summed E-state index contributed by atoms with van der Waals surface area (Å²) in [5.41, 5.74) is 6.60. The molecule has 0 bridgehead atoms. The van der Waals surface area contributed by atoms with Gasteiger partial charge in [0.05, 0.1) is 12.2 Å². The second-order valence-corrected chi connectivity index (χ2v) is 8.79. The fourth-order valence-electron chi connectivity index (χ4n) is 4.38. The van der Waals surface area contributed by atoms with Crippen molar-refractivity contribution in [3.05, 3.63) is 106 Å². The minimum absolute atomic E-state index is 0.169. The van der Waals surface area contributed by atoms with Crippen LogP contribution >= 0.6 is 0 Å². The van der Waals surface area contributed by atoms with Crippen molar-refractivity contribution in [2.45, 2.75) is 25.0 Å². The van der Waals surface area contributed by atoms with Crippen molar-refractivity contribution in [2.75, 3.05) is 20.6 Å². The van der Waals surface area contributed by atoms with Crippen LogP contribution in [0.25, 0.3) is 0 Å². The number of hydrogen-bond acceptors (Lipinski definition) is 4. The lowest BCUT2D eigenvalue weighted by molar-refractivity contribution is -0.0140. The van der Waals surface area contributed by atoms with Gasteiger partial charge in [0.15, 0.2) is 0 Å². The average Bonchev–Trinajstić information content (AvgIpc) is 3.21. The molecule has 8 heteroatoms. The van der Waals surface area contributed by atoms with Crippen molar-refractivity contribution in [1.29, 1.82) is 0 Å². The van der Waals surface area contributed by atoms with Gasteiger partial charge in [-0.2, -0.15) is 0 Å². The molecular weight excluding hydrogens is 452 g/mol. The van der Waals surface area contributed by atoms with Gasteiger partial charge in [-0.3, -0.25) is 20.4 Å². The molecule has 0 aromatic heterocycles. The number of carbonyl (C=O) groups is 2. The smallest absolute Gasteiger partial charge is 0.272 e. The van der Waals surface area contributed by atoms with Crippen molar-refractivity contribution >= 4 is 11.8 Å². The predicted molar refractivity (Wildman–Crippen MR) is 128 cm³/mol. The standard InChI is InChI=1S/C27H27F2N3O3/c1-32(2)15-5-14-27(20-9-11-21(28)12-10-20)23-13-8-18(16-19(23)17-35-27)25(33)30-31-26(34)22-6-3-4-7-24(22)29/h3-4,6-13,16H,5,14-15,17H2,1-2H3,(H,30,33)(H,31,34). The summed E-state index contributed by atoms with van der Waals surface area (Å²) in [7, 11) is 4.01. The molecule has 0 radical (unpaired) electrons. The zero-order chi connectivity index (χ0) is 25.0. The summed E-state index contributed by atoms with van der Waals surface area (Å²) in [6, 6.07) is 17.0. The number of hydrogen-bond donors (Lipinski definition) is 2. The molecule has 35 heavy (non-hydrogen) atoms. The first-order valence-corrected chi connectivity index (χ1v) is 11.3. The lowest BCUT2D eigenvalue weighted by Gasteiger charge is -2.31. The van der Waals surface area contributed by atoms with Crippen LogP contribution < -0.4 is 10.9 Å². The summed E-state index contributed by atoms with van der Waals surface area (Å²) in [5, 5.41) is 0. The van der Waals surface area contributed by atoms with E-state index in [1.54, 1.807) is 24.3 Å². The number of fused-ring (bicyclic) bond motifs is 1. The first kappa shape index (κ1) is 24.5. The summed E-state index contributed by atoms with van der Waals surface area (Å²) in [6.45, 7) is 1.15. The molecule has 0 aliphatic carbocycles. The van der Waals surface area contributed by atoms with Gasteiger partial charge in [-0.15, -0.1) is 0 Å². The van der Waals surface area contributed by atoms with E-state index in [0.29, 0.717) is 12.0 Å². The minimum Gasteiger partial charge on any atom is -0.361 e. The number of hydrazine groups is 1. The normalized spacial score (nSPS) is 16.7. The molecule has 4 rings (SSSR count). The zero-order valence-corrected chi connectivity index (χ0v) is 19.6. The third kappa shape index (κ3) is 5.23. The van der Waals surface area contributed by atoms with Gasteiger partial charge in [0.1, 0.15) is 17.2 Å². The molecule has 2 N–H and O–H groups in total. The fourth-order valence-corrected chi connectivity index (χ4v) is 4.38.